The second kappa shape index (κ2) is 11.0. The molecule has 6 rings (SSSR count). The lowest BCUT2D eigenvalue weighted by atomic mass is 10.0. The predicted molar refractivity (Wildman–Crippen MR) is 159 cm³/mol. The van der Waals surface area contributed by atoms with Gasteiger partial charge in [-0.3, -0.25) is 4.79 Å². The SMILES string of the molecule is O=C(CCCc1c(-c2ccc3ccccc3n2)[nH]c2ccccc12)Nc1cc(Cl)ccc1Oc1ccccc1. The zero-order valence-electron chi connectivity index (χ0n) is 21.2. The van der Waals surface area contributed by atoms with E-state index in [1.807, 2.05) is 60.7 Å². The second-order valence-corrected chi connectivity index (χ2v) is 9.81. The largest absolute Gasteiger partial charge is 0.455 e. The number of fused-ring (bicyclic) bond motifs is 2. The predicted octanol–water partition coefficient (Wildman–Crippen LogP) is 8.79. The fourth-order valence-electron chi connectivity index (χ4n) is 4.83. The highest BCUT2D eigenvalue weighted by Crippen LogP contribution is 2.33. The third-order valence-electron chi connectivity index (χ3n) is 6.69. The zero-order valence-corrected chi connectivity index (χ0v) is 21.9. The highest BCUT2D eigenvalue weighted by atomic mass is 35.5. The van der Waals surface area contributed by atoms with E-state index in [0.29, 0.717) is 35.1 Å². The third-order valence-corrected chi connectivity index (χ3v) is 6.92. The molecule has 2 heterocycles. The summed E-state index contributed by atoms with van der Waals surface area (Å²) < 4.78 is 5.99. The van der Waals surface area contributed by atoms with Crippen molar-refractivity contribution >= 4 is 45.0 Å². The van der Waals surface area contributed by atoms with Crippen LogP contribution in [0.5, 0.6) is 11.5 Å². The van der Waals surface area contributed by atoms with E-state index in [1.165, 1.54) is 0 Å². The lowest BCUT2D eigenvalue weighted by Gasteiger charge is -2.13. The smallest absolute Gasteiger partial charge is 0.224 e. The van der Waals surface area contributed by atoms with Gasteiger partial charge in [-0.05, 0) is 66.9 Å². The molecule has 0 atom stereocenters. The van der Waals surface area contributed by atoms with Crippen molar-refractivity contribution in [2.75, 3.05) is 5.32 Å². The summed E-state index contributed by atoms with van der Waals surface area (Å²) in [5, 5.41) is 5.77. The molecule has 0 aliphatic carbocycles. The van der Waals surface area contributed by atoms with Crippen LogP contribution in [0, 0.1) is 0 Å². The van der Waals surface area contributed by atoms with E-state index < -0.39 is 0 Å². The summed E-state index contributed by atoms with van der Waals surface area (Å²) in [5.41, 5.74) is 5.61. The van der Waals surface area contributed by atoms with Gasteiger partial charge in [0.25, 0.3) is 0 Å². The van der Waals surface area contributed by atoms with Gasteiger partial charge in [-0.1, -0.05) is 72.3 Å². The minimum absolute atomic E-state index is 0.0969. The number of carbonyl (C=O) groups is 1. The number of benzene rings is 4. The van der Waals surface area contributed by atoms with E-state index in [9.17, 15) is 4.79 Å². The summed E-state index contributed by atoms with van der Waals surface area (Å²) >= 11 is 6.23. The van der Waals surface area contributed by atoms with Crippen molar-refractivity contribution in [1.29, 1.82) is 0 Å². The van der Waals surface area contributed by atoms with Gasteiger partial charge >= 0.3 is 0 Å². The number of aromatic amines is 1. The summed E-state index contributed by atoms with van der Waals surface area (Å²) in [4.78, 5) is 21.5. The fourth-order valence-corrected chi connectivity index (χ4v) is 5.00. The van der Waals surface area contributed by atoms with Gasteiger partial charge in [0.2, 0.25) is 5.91 Å². The van der Waals surface area contributed by atoms with Gasteiger partial charge < -0.3 is 15.0 Å². The number of H-pyrrole nitrogens is 1. The molecule has 0 unspecified atom stereocenters. The first-order valence-corrected chi connectivity index (χ1v) is 13.3. The molecule has 192 valence electrons. The maximum Gasteiger partial charge on any atom is 0.224 e. The molecule has 39 heavy (non-hydrogen) atoms. The number of anilines is 1. The number of nitrogens with one attached hydrogen (secondary N) is 2. The van der Waals surface area contributed by atoms with E-state index >= 15 is 0 Å². The Bertz CT molecular complexity index is 1780. The number of hydrogen-bond acceptors (Lipinski definition) is 3. The van der Waals surface area contributed by atoms with Crippen molar-refractivity contribution in [2.24, 2.45) is 0 Å². The number of para-hydroxylation sites is 3. The number of hydrogen-bond donors (Lipinski definition) is 2. The van der Waals surface area contributed by atoms with E-state index in [-0.39, 0.29) is 5.91 Å². The number of ether oxygens (including phenoxy) is 1. The van der Waals surface area contributed by atoms with Crippen LogP contribution in [0.4, 0.5) is 5.69 Å². The molecule has 2 aromatic heterocycles. The van der Waals surface area contributed by atoms with Crippen LogP contribution >= 0.6 is 11.6 Å². The summed E-state index contributed by atoms with van der Waals surface area (Å²) in [6.45, 7) is 0. The lowest BCUT2D eigenvalue weighted by molar-refractivity contribution is -0.116. The number of nitrogens with zero attached hydrogens (tertiary/aromatic N) is 1. The minimum Gasteiger partial charge on any atom is -0.455 e. The molecule has 0 spiro atoms. The Morgan fingerprint density at radius 3 is 2.56 bits per heavy atom. The molecule has 6 heteroatoms. The normalized spacial score (nSPS) is 11.1. The van der Waals surface area contributed by atoms with Gasteiger partial charge in [0.1, 0.15) is 5.75 Å². The van der Waals surface area contributed by atoms with Gasteiger partial charge in [0.15, 0.2) is 5.75 Å². The minimum atomic E-state index is -0.0969. The van der Waals surface area contributed by atoms with Crippen LogP contribution in [0.3, 0.4) is 0 Å². The van der Waals surface area contributed by atoms with E-state index in [4.69, 9.17) is 21.3 Å². The van der Waals surface area contributed by atoms with Gasteiger partial charge in [-0.25, -0.2) is 4.98 Å². The average molecular weight is 532 g/mol. The number of halogens is 1. The Morgan fingerprint density at radius 1 is 0.872 bits per heavy atom. The van der Waals surface area contributed by atoms with Crippen LogP contribution in [0.1, 0.15) is 18.4 Å². The molecule has 2 N–H and O–H groups in total. The van der Waals surface area contributed by atoms with Crippen molar-refractivity contribution in [3.05, 3.63) is 120 Å². The number of amides is 1. The zero-order chi connectivity index (χ0) is 26.6. The second-order valence-electron chi connectivity index (χ2n) is 9.37. The fraction of sp³-hybridized carbons (Fsp3) is 0.0909. The molecule has 0 aliphatic rings. The van der Waals surface area contributed by atoms with Crippen LogP contribution in [0.15, 0.2) is 109 Å². The van der Waals surface area contributed by atoms with Gasteiger partial charge in [0, 0.05) is 27.7 Å². The van der Waals surface area contributed by atoms with Crippen LogP contribution in [0.25, 0.3) is 33.2 Å². The molecule has 6 aromatic rings. The van der Waals surface area contributed by atoms with Crippen molar-refractivity contribution in [2.45, 2.75) is 19.3 Å². The molecule has 0 saturated heterocycles. The van der Waals surface area contributed by atoms with Gasteiger partial charge in [-0.15, -0.1) is 0 Å². The van der Waals surface area contributed by atoms with Crippen molar-refractivity contribution < 1.29 is 9.53 Å². The molecule has 0 radical (unpaired) electrons. The van der Waals surface area contributed by atoms with E-state index in [2.05, 4.69) is 40.6 Å². The Morgan fingerprint density at radius 2 is 1.67 bits per heavy atom. The van der Waals surface area contributed by atoms with Crippen LogP contribution in [-0.2, 0) is 11.2 Å². The van der Waals surface area contributed by atoms with Gasteiger partial charge in [-0.2, -0.15) is 0 Å². The molecule has 5 nitrogen and oxygen atoms in total. The number of carbonyl (C=O) groups excluding carboxylic acids is 1. The third kappa shape index (κ3) is 5.49. The Kier molecular flexibility index (Phi) is 6.98. The lowest BCUT2D eigenvalue weighted by Crippen LogP contribution is -2.12. The number of rotatable bonds is 8. The highest BCUT2D eigenvalue weighted by molar-refractivity contribution is 6.31. The maximum atomic E-state index is 13.0. The van der Waals surface area contributed by atoms with Gasteiger partial charge in [0.05, 0.1) is 22.6 Å². The summed E-state index contributed by atoms with van der Waals surface area (Å²) in [7, 11) is 0. The molecule has 0 aliphatic heterocycles. The first kappa shape index (κ1) is 24.7. The molecular weight excluding hydrogens is 506 g/mol. The molecule has 1 amide bonds. The van der Waals surface area contributed by atoms with Crippen LogP contribution in [0.2, 0.25) is 5.02 Å². The monoisotopic (exact) mass is 531 g/mol. The summed E-state index contributed by atoms with van der Waals surface area (Å²) in [5.74, 6) is 1.13. The topological polar surface area (TPSA) is 67.0 Å². The Balaban J connectivity index is 1.20. The first-order chi connectivity index (χ1) is 19.1. The molecule has 0 fully saturated rings. The molecule has 4 aromatic carbocycles. The van der Waals surface area contributed by atoms with Crippen LogP contribution < -0.4 is 10.1 Å². The van der Waals surface area contributed by atoms with Crippen molar-refractivity contribution in [3.8, 4) is 22.9 Å². The molecule has 0 bridgehead atoms. The molecular formula is C33H26ClN3O2. The number of aromatic nitrogens is 2. The van der Waals surface area contributed by atoms with Crippen LogP contribution in [-0.4, -0.2) is 15.9 Å². The summed E-state index contributed by atoms with van der Waals surface area (Å²) in [6, 6.07) is 35.2. The maximum absolute atomic E-state index is 13.0. The quantitative estimate of drug-likeness (QED) is 0.206. The highest BCUT2D eigenvalue weighted by Gasteiger charge is 2.16. The van der Waals surface area contributed by atoms with E-state index in [1.54, 1.807) is 18.2 Å². The Hall–Kier alpha value is -4.61. The molecule has 0 saturated carbocycles. The van der Waals surface area contributed by atoms with Crippen molar-refractivity contribution in [3.63, 3.8) is 0 Å². The average Bonchev–Trinajstić information content (AvgIpc) is 3.33. The number of aryl methyl sites for hydroxylation is 1. The van der Waals surface area contributed by atoms with E-state index in [0.717, 1.165) is 45.2 Å². The first-order valence-electron chi connectivity index (χ1n) is 12.9. The standard InChI is InChI=1S/C33H26ClN3O2/c34-23-18-20-31(39-24-10-2-1-3-11-24)30(21-23)36-32(38)16-8-13-26-25-12-5-7-15-28(25)37-33(26)29-19-17-22-9-4-6-14-27(22)35-29/h1-7,9-12,14-15,17-21,37H,8,13,16H2,(H,36,38). The number of pyridine rings is 1. The summed E-state index contributed by atoms with van der Waals surface area (Å²) in [6.07, 6.45) is 1.75. The Labute approximate surface area is 231 Å². The van der Waals surface area contributed by atoms with Crippen molar-refractivity contribution in [1.82, 2.24) is 9.97 Å².